The van der Waals surface area contributed by atoms with Crippen LogP contribution in [0.25, 0.3) is 0 Å². The molecule has 0 aromatic heterocycles. The second kappa shape index (κ2) is 4.57. The van der Waals surface area contributed by atoms with Gasteiger partial charge in [0, 0.05) is 14.1 Å². The van der Waals surface area contributed by atoms with E-state index in [1.54, 1.807) is 5.01 Å². The van der Waals surface area contributed by atoms with Crippen molar-refractivity contribution < 1.29 is 0 Å². The van der Waals surface area contributed by atoms with E-state index < -0.39 is 8.07 Å². The van der Waals surface area contributed by atoms with Crippen LogP contribution in [0.2, 0.25) is 19.6 Å². The molecule has 1 aromatic carbocycles. The van der Waals surface area contributed by atoms with Crippen LogP contribution in [-0.4, -0.2) is 27.2 Å². The smallest absolute Gasteiger partial charge is 0.0866 e. The molecular weight excluding hydrogens is 202 g/mol. The van der Waals surface area contributed by atoms with Crippen molar-refractivity contribution in [2.75, 3.05) is 14.1 Å². The highest BCUT2D eigenvalue weighted by molar-refractivity contribution is 6.89. The zero-order valence-corrected chi connectivity index (χ0v) is 11.2. The third-order valence-corrected chi connectivity index (χ3v) is 4.08. The average Bonchev–Trinajstić information content (AvgIpc) is 2.13. The normalized spacial score (nSPS) is 12.1. The SMILES string of the molecule is CN(C)N=Nc1ccccc1[Si](C)(C)C. The zero-order chi connectivity index (χ0) is 11.5. The second-order valence-corrected chi connectivity index (χ2v) is 9.84. The molecule has 82 valence electrons. The third-order valence-electron chi connectivity index (χ3n) is 2.04. The minimum Gasteiger partial charge on any atom is -0.285 e. The number of nitrogens with zero attached hydrogens (tertiary/aromatic N) is 3. The molecule has 4 heteroatoms. The van der Waals surface area contributed by atoms with Gasteiger partial charge in [0.15, 0.2) is 0 Å². The lowest BCUT2D eigenvalue weighted by molar-refractivity contribution is 0.408. The van der Waals surface area contributed by atoms with Crippen molar-refractivity contribution >= 4 is 18.9 Å². The molecule has 1 aromatic rings. The first-order valence-corrected chi connectivity index (χ1v) is 8.60. The predicted molar refractivity (Wildman–Crippen MR) is 67.6 cm³/mol. The van der Waals surface area contributed by atoms with Crippen molar-refractivity contribution in [3.05, 3.63) is 24.3 Å². The van der Waals surface area contributed by atoms with Gasteiger partial charge in [-0.05, 0) is 11.3 Å². The highest BCUT2D eigenvalue weighted by atomic mass is 28.3. The summed E-state index contributed by atoms with van der Waals surface area (Å²) < 4.78 is 0. The van der Waals surface area contributed by atoms with E-state index in [0.717, 1.165) is 5.69 Å². The predicted octanol–water partition coefficient (Wildman–Crippen LogP) is 2.79. The Bertz CT molecular complexity index is 353. The molecule has 0 heterocycles. The molecule has 0 fully saturated rings. The Labute approximate surface area is 92.8 Å². The van der Waals surface area contributed by atoms with Gasteiger partial charge in [-0.3, -0.25) is 5.01 Å². The summed E-state index contributed by atoms with van der Waals surface area (Å²) in [5.74, 6) is 0. The molecule has 3 nitrogen and oxygen atoms in total. The van der Waals surface area contributed by atoms with Crippen LogP contribution < -0.4 is 5.19 Å². The van der Waals surface area contributed by atoms with Gasteiger partial charge in [0.1, 0.15) is 0 Å². The van der Waals surface area contributed by atoms with Crippen LogP contribution in [0.1, 0.15) is 0 Å². The first kappa shape index (κ1) is 11.9. The van der Waals surface area contributed by atoms with Crippen molar-refractivity contribution in [1.29, 1.82) is 0 Å². The summed E-state index contributed by atoms with van der Waals surface area (Å²) in [6.07, 6.45) is 0. The van der Waals surface area contributed by atoms with Crippen LogP contribution in [0.3, 0.4) is 0 Å². The van der Waals surface area contributed by atoms with E-state index in [-0.39, 0.29) is 0 Å². The molecule has 0 saturated carbocycles. The average molecular weight is 221 g/mol. The lowest BCUT2D eigenvalue weighted by Crippen LogP contribution is -2.37. The van der Waals surface area contributed by atoms with Crippen LogP contribution in [0.4, 0.5) is 5.69 Å². The maximum Gasteiger partial charge on any atom is 0.0866 e. The van der Waals surface area contributed by atoms with Gasteiger partial charge in [0.25, 0.3) is 0 Å². The first-order chi connectivity index (χ1) is 6.91. The highest BCUT2D eigenvalue weighted by Gasteiger charge is 2.19. The van der Waals surface area contributed by atoms with Crippen molar-refractivity contribution in [2.45, 2.75) is 19.6 Å². The quantitative estimate of drug-likeness (QED) is 0.438. The summed E-state index contributed by atoms with van der Waals surface area (Å²) >= 11 is 0. The molecule has 0 amide bonds. The zero-order valence-electron chi connectivity index (χ0n) is 10.2. The van der Waals surface area contributed by atoms with Gasteiger partial charge in [-0.1, -0.05) is 43.1 Å². The molecule has 0 radical (unpaired) electrons. The van der Waals surface area contributed by atoms with Crippen molar-refractivity contribution in [2.24, 2.45) is 10.3 Å². The van der Waals surface area contributed by atoms with Crippen LogP contribution in [0.5, 0.6) is 0 Å². The molecule has 0 saturated heterocycles. The number of rotatable bonds is 3. The van der Waals surface area contributed by atoms with E-state index in [1.165, 1.54) is 5.19 Å². The molecule has 15 heavy (non-hydrogen) atoms. The van der Waals surface area contributed by atoms with E-state index in [2.05, 4.69) is 42.1 Å². The van der Waals surface area contributed by atoms with Crippen LogP contribution in [0.15, 0.2) is 34.6 Å². The molecule has 0 spiro atoms. The van der Waals surface area contributed by atoms with Crippen LogP contribution in [0, 0.1) is 0 Å². The topological polar surface area (TPSA) is 28.0 Å². The Kier molecular flexibility index (Phi) is 3.63. The summed E-state index contributed by atoms with van der Waals surface area (Å²) in [5.41, 5.74) is 1.00. The van der Waals surface area contributed by atoms with Crippen molar-refractivity contribution in [3.8, 4) is 0 Å². The third kappa shape index (κ3) is 3.47. The van der Waals surface area contributed by atoms with Crippen molar-refractivity contribution in [1.82, 2.24) is 5.01 Å². The molecule has 0 aliphatic heterocycles. The first-order valence-electron chi connectivity index (χ1n) is 5.10. The fraction of sp³-hybridized carbons (Fsp3) is 0.455. The van der Waals surface area contributed by atoms with Gasteiger partial charge in [-0.15, -0.1) is 5.11 Å². The number of hydrogen-bond donors (Lipinski definition) is 0. The Morgan fingerprint density at radius 3 is 2.20 bits per heavy atom. The molecule has 1 rings (SSSR count). The Morgan fingerprint density at radius 1 is 1.07 bits per heavy atom. The molecule has 0 bridgehead atoms. The van der Waals surface area contributed by atoms with E-state index >= 15 is 0 Å². The van der Waals surface area contributed by atoms with Crippen LogP contribution >= 0.6 is 0 Å². The molecule has 0 N–H and O–H groups in total. The van der Waals surface area contributed by atoms with Gasteiger partial charge in [-0.25, -0.2) is 0 Å². The summed E-state index contributed by atoms with van der Waals surface area (Å²) in [5, 5.41) is 11.4. The van der Waals surface area contributed by atoms with Gasteiger partial charge in [0.2, 0.25) is 0 Å². The van der Waals surface area contributed by atoms with Gasteiger partial charge < -0.3 is 0 Å². The van der Waals surface area contributed by atoms with E-state index in [4.69, 9.17) is 0 Å². The van der Waals surface area contributed by atoms with E-state index in [0.29, 0.717) is 0 Å². The second-order valence-electron chi connectivity index (χ2n) is 4.80. The Morgan fingerprint density at radius 2 is 1.67 bits per heavy atom. The number of hydrogen-bond acceptors (Lipinski definition) is 2. The monoisotopic (exact) mass is 221 g/mol. The van der Waals surface area contributed by atoms with Crippen molar-refractivity contribution in [3.63, 3.8) is 0 Å². The molecule has 0 atom stereocenters. The Balaban J connectivity index is 3.08. The lowest BCUT2D eigenvalue weighted by atomic mass is 10.3. The molecular formula is C11H19N3Si. The van der Waals surface area contributed by atoms with Gasteiger partial charge in [-0.2, -0.15) is 0 Å². The fourth-order valence-electron chi connectivity index (χ4n) is 1.33. The van der Waals surface area contributed by atoms with E-state index in [9.17, 15) is 0 Å². The summed E-state index contributed by atoms with van der Waals surface area (Å²) in [4.78, 5) is 0. The van der Waals surface area contributed by atoms with E-state index in [1.807, 2.05) is 26.2 Å². The lowest BCUT2D eigenvalue weighted by Gasteiger charge is -2.18. The van der Waals surface area contributed by atoms with Gasteiger partial charge >= 0.3 is 0 Å². The maximum absolute atomic E-state index is 4.26. The largest absolute Gasteiger partial charge is 0.285 e. The minimum atomic E-state index is -1.32. The van der Waals surface area contributed by atoms with Crippen LogP contribution in [-0.2, 0) is 0 Å². The number of benzene rings is 1. The standard InChI is InChI=1S/C11H19N3Si/c1-14(2)13-12-10-8-6-7-9-11(10)15(3,4)5/h6-9H,1-5H3. The molecule has 0 aliphatic rings. The minimum absolute atomic E-state index is 1.00. The molecule has 0 unspecified atom stereocenters. The maximum atomic E-state index is 4.26. The summed E-state index contributed by atoms with van der Waals surface area (Å²) in [6.45, 7) is 6.95. The highest BCUT2D eigenvalue weighted by Crippen LogP contribution is 2.15. The summed E-state index contributed by atoms with van der Waals surface area (Å²) in [6, 6.07) is 8.27. The van der Waals surface area contributed by atoms with Gasteiger partial charge in [0.05, 0.1) is 13.8 Å². The summed E-state index contributed by atoms with van der Waals surface area (Å²) in [7, 11) is 2.43. The molecule has 0 aliphatic carbocycles. The Hall–Kier alpha value is -1.16. The fourth-order valence-corrected chi connectivity index (χ4v) is 2.83.